The molecule has 2 heterocycles. The van der Waals surface area contributed by atoms with E-state index < -0.39 is 0 Å². The Hall–Kier alpha value is -0.450. The third-order valence-corrected chi connectivity index (χ3v) is 4.50. The Kier molecular flexibility index (Phi) is 3.95. The summed E-state index contributed by atoms with van der Waals surface area (Å²) in [7, 11) is 0. The van der Waals surface area contributed by atoms with E-state index in [1.165, 1.54) is 10.7 Å². The first-order chi connectivity index (χ1) is 7.74. The molecule has 1 aromatic rings. The van der Waals surface area contributed by atoms with Gasteiger partial charge in [0.05, 0.1) is 10.7 Å². The molecule has 4 heteroatoms. The zero-order valence-electron chi connectivity index (χ0n) is 9.87. The molecule has 0 atom stereocenters. The number of aromatic nitrogens is 1. The van der Waals surface area contributed by atoms with Crippen LogP contribution in [0, 0.1) is 0 Å². The van der Waals surface area contributed by atoms with Crippen molar-refractivity contribution in [3.05, 3.63) is 16.1 Å². The molecule has 0 aliphatic carbocycles. The van der Waals surface area contributed by atoms with E-state index in [0.717, 1.165) is 45.4 Å². The molecule has 1 fully saturated rings. The van der Waals surface area contributed by atoms with E-state index in [1.54, 1.807) is 11.3 Å². The van der Waals surface area contributed by atoms with Gasteiger partial charge in [-0.1, -0.05) is 6.92 Å². The molecule has 3 nitrogen and oxygen atoms in total. The number of rotatable bonds is 4. The highest BCUT2D eigenvalue weighted by Crippen LogP contribution is 2.36. The van der Waals surface area contributed by atoms with Gasteiger partial charge < -0.3 is 10.5 Å². The topological polar surface area (TPSA) is 48.1 Å². The molecule has 0 radical (unpaired) electrons. The Morgan fingerprint density at radius 1 is 1.50 bits per heavy atom. The number of nitrogens with zero attached hydrogens (tertiary/aromatic N) is 1. The average Bonchev–Trinajstić information content (AvgIpc) is 2.77. The fourth-order valence-electron chi connectivity index (χ4n) is 2.02. The number of thiazole rings is 1. The molecule has 1 aliphatic rings. The Morgan fingerprint density at radius 3 is 2.94 bits per heavy atom. The minimum absolute atomic E-state index is 0.240. The summed E-state index contributed by atoms with van der Waals surface area (Å²) in [6.45, 7) is 4.79. The molecule has 0 amide bonds. The van der Waals surface area contributed by atoms with E-state index in [-0.39, 0.29) is 5.41 Å². The summed E-state index contributed by atoms with van der Waals surface area (Å²) in [4.78, 5) is 4.75. The van der Waals surface area contributed by atoms with Gasteiger partial charge in [0.1, 0.15) is 0 Å². The second-order valence-electron chi connectivity index (χ2n) is 4.71. The summed E-state index contributed by atoms with van der Waals surface area (Å²) in [5, 5.41) is 3.47. The quantitative estimate of drug-likeness (QED) is 0.877. The standard InChI is InChI=1S/C12H20N2OS/c1-12(4-7-15-8-5-12)11-14-10(9-16-11)3-2-6-13/h9H,2-8,13H2,1H3. The van der Waals surface area contributed by atoms with Gasteiger partial charge in [-0.2, -0.15) is 0 Å². The lowest BCUT2D eigenvalue weighted by Gasteiger charge is -2.31. The van der Waals surface area contributed by atoms with Crippen molar-refractivity contribution in [1.29, 1.82) is 0 Å². The molecule has 0 bridgehead atoms. The van der Waals surface area contributed by atoms with Crippen molar-refractivity contribution >= 4 is 11.3 Å². The molecule has 16 heavy (non-hydrogen) atoms. The van der Waals surface area contributed by atoms with Gasteiger partial charge in [-0.25, -0.2) is 4.98 Å². The Labute approximate surface area is 101 Å². The van der Waals surface area contributed by atoms with Crippen LogP contribution in [0.3, 0.4) is 0 Å². The summed E-state index contributed by atoms with van der Waals surface area (Å²) in [6, 6.07) is 0. The highest BCUT2D eigenvalue weighted by molar-refractivity contribution is 7.09. The smallest absolute Gasteiger partial charge is 0.0989 e. The first-order valence-electron chi connectivity index (χ1n) is 5.97. The largest absolute Gasteiger partial charge is 0.381 e. The normalized spacial score (nSPS) is 19.9. The van der Waals surface area contributed by atoms with E-state index in [0.29, 0.717) is 0 Å². The van der Waals surface area contributed by atoms with Crippen LogP contribution in [0.2, 0.25) is 0 Å². The van der Waals surface area contributed by atoms with Crippen molar-refractivity contribution in [3.8, 4) is 0 Å². The third kappa shape index (κ3) is 2.62. The zero-order valence-corrected chi connectivity index (χ0v) is 10.7. The van der Waals surface area contributed by atoms with Crippen molar-refractivity contribution in [3.63, 3.8) is 0 Å². The van der Waals surface area contributed by atoms with E-state index in [2.05, 4.69) is 12.3 Å². The molecule has 0 saturated carbocycles. The third-order valence-electron chi connectivity index (χ3n) is 3.30. The van der Waals surface area contributed by atoms with Crippen LogP contribution < -0.4 is 5.73 Å². The van der Waals surface area contributed by atoms with E-state index in [1.807, 2.05) is 0 Å². The van der Waals surface area contributed by atoms with Crippen LogP contribution in [0.5, 0.6) is 0 Å². The van der Waals surface area contributed by atoms with Gasteiger partial charge in [0.2, 0.25) is 0 Å². The van der Waals surface area contributed by atoms with Gasteiger partial charge in [0, 0.05) is 24.0 Å². The molecule has 0 aromatic carbocycles. The van der Waals surface area contributed by atoms with Gasteiger partial charge in [-0.3, -0.25) is 0 Å². The van der Waals surface area contributed by atoms with Crippen LogP contribution in [-0.2, 0) is 16.6 Å². The Balaban J connectivity index is 2.05. The summed E-state index contributed by atoms with van der Waals surface area (Å²) in [5.41, 5.74) is 6.96. The van der Waals surface area contributed by atoms with Gasteiger partial charge in [0.15, 0.2) is 0 Å². The average molecular weight is 240 g/mol. The second-order valence-corrected chi connectivity index (χ2v) is 5.57. The maximum Gasteiger partial charge on any atom is 0.0989 e. The second kappa shape index (κ2) is 5.25. The van der Waals surface area contributed by atoms with E-state index >= 15 is 0 Å². The number of nitrogens with two attached hydrogens (primary N) is 1. The summed E-state index contributed by atoms with van der Waals surface area (Å²) >= 11 is 1.80. The minimum Gasteiger partial charge on any atom is -0.381 e. The molecule has 0 spiro atoms. The van der Waals surface area contributed by atoms with E-state index in [9.17, 15) is 0 Å². The predicted octanol–water partition coefficient (Wildman–Crippen LogP) is 2.10. The van der Waals surface area contributed by atoms with Crippen LogP contribution in [0.4, 0.5) is 0 Å². The molecule has 1 saturated heterocycles. The monoisotopic (exact) mass is 240 g/mol. The minimum atomic E-state index is 0.240. The van der Waals surface area contributed by atoms with Crippen molar-refractivity contribution in [1.82, 2.24) is 4.98 Å². The Morgan fingerprint density at radius 2 is 2.25 bits per heavy atom. The van der Waals surface area contributed by atoms with Crippen LogP contribution in [0.15, 0.2) is 5.38 Å². The number of aryl methyl sites for hydroxylation is 1. The van der Waals surface area contributed by atoms with Crippen LogP contribution in [0.25, 0.3) is 0 Å². The highest BCUT2D eigenvalue weighted by Gasteiger charge is 2.32. The Bertz CT molecular complexity index is 332. The molecule has 1 aliphatic heterocycles. The lowest BCUT2D eigenvalue weighted by molar-refractivity contribution is 0.0563. The van der Waals surface area contributed by atoms with Crippen molar-refractivity contribution in [2.75, 3.05) is 19.8 Å². The van der Waals surface area contributed by atoms with Crippen LogP contribution in [0.1, 0.15) is 36.9 Å². The predicted molar refractivity (Wildman–Crippen MR) is 66.9 cm³/mol. The van der Waals surface area contributed by atoms with Crippen molar-refractivity contribution in [2.24, 2.45) is 5.73 Å². The van der Waals surface area contributed by atoms with Crippen molar-refractivity contribution < 1.29 is 4.74 Å². The van der Waals surface area contributed by atoms with Gasteiger partial charge in [-0.05, 0) is 32.2 Å². The van der Waals surface area contributed by atoms with Crippen molar-refractivity contribution in [2.45, 2.75) is 38.0 Å². The number of ether oxygens (including phenoxy) is 1. The molecule has 90 valence electrons. The first kappa shape index (κ1) is 12.0. The summed E-state index contributed by atoms with van der Waals surface area (Å²) < 4.78 is 5.42. The summed E-state index contributed by atoms with van der Waals surface area (Å²) in [6.07, 6.45) is 4.23. The molecule has 2 rings (SSSR count). The number of hydrogen-bond donors (Lipinski definition) is 1. The van der Waals surface area contributed by atoms with Gasteiger partial charge >= 0.3 is 0 Å². The maximum atomic E-state index is 5.51. The summed E-state index contributed by atoms with van der Waals surface area (Å²) in [5.74, 6) is 0. The highest BCUT2D eigenvalue weighted by atomic mass is 32.1. The van der Waals surface area contributed by atoms with Crippen LogP contribution in [-0.4, -0.2) is 24.7 Å². The van der Waals surface area contributed by atoms with Crippen LogP contribution >= 0.6 is 11.3 Å². The number of hydrogen-bond acceptors (Lipinski definition) is 4. The fourth-order valence-corrected chi connectivity index (χ4v) is 3.09. The molecular weight excluding hydrogens is 220 g/mol. The lowest BCUT2D eigenvalue weighted by Crippen LogP contribution is -2.30. The molecule has 1 aromatic heterocycles. The fraction of sp³-hybridized carbons (Fsp3) is 0.750. The maximum absolute atomic E-state index is 5.51. The molecular formula is C12H20N2OS. The van der Waals surface area contributed by atoms with Gasteiger partial charge in [-0.15, -0.1) is 11.3 Å². The van der Waals surface area contributed by atoms with Gasteiger partial charge in [0.25, 0.3) is 0 Å². The molecule has 2 N–H and O–H groups in total. The first-order valence-corrected chi connectivity index (χ1v) is 6.85. The SMILES string of the molecule is CC1(c2nc(CCCN)cs2)CCOCC1. The molecule has 0 unspecified atom stereocenters. The van der Waals surface area contributed by atoms with E-state index in [4.69, 9.17) is 15.5 Å². The zero-order chi connectivity index (χ0) is 11.4. The lowest BCUT2D eigenvalue weighted by atomic mass is 9.83.